The number of nitriles is 1. The van der Waals surface area contributed by atoms with Crippen LogP contribution in [0.1, 0.15) is 45.6 Å². The molecule has 106 valence electrons. The van der Waals surface area contributed by atoms with Crippen molar-refractivity contribution >= 4 is 11.6 Å². The Labute approximate surface area is 121 Å². The molecule has 1 aromatic rings. The number of carbonyl (C=O) groups excluding carboxylic acids is 1. The average Bonchev–Trinajstić information content (AvgIpc) is 2.49. The predicted molar refractivity (Wildman–Crippen MR) is 80.3 cm³/mol. The zero-order valence-electron chi connectivity index (χ0n) is 12.5. The molecule has 1 aliphatic rings. The van der Waals surface area contributed by atoms with Crippen LogP contribution in [0.4, 0.5) is 5.69 Å². The second-order valence-electron chi connectivity index (χ2n) is 5.59. The molecule has 0 fully saturated rings. The molecule has 1 unspecified atom stereocenters. The Kier molecular flexibility index (Phi) is 4.13. The summed E-state index contributed by atoms with van der Waals surface area (Å²) in [7, 11) is 0. The Balaban J connectivity index is 2.46. The van der Waals surface area contributed by atoms with Gasteiger partial charge in [-0.2, -0.15) is 5.26 Å². The van der Waals surface area contributed by atoms with Crippen LogP contribution in [0.5, 0.6) is 0 Å². The van der Waals surface area contributed by atoms with Crippen molar-refractivity contribution in [1.29, 1.82) is 5.26 Å². The zero-order valence-corrected chi connectivity index (χ0v) is 12.5. The van der Waals surface area contributed by atoms with Gasteiger partial charge in [-0.1, -0.05) is 32.0 Å². The van der Waals surface area contributed by atoms with Gasteiger partial charge >= 0.3 is 0 Å². The third-order valence-electron chi connectivity index (χ3n) is 4.57. The molecule has 1 amide bonds. The van der Waals surface area contributed by atoms with E-state index < -0.39 is 5.41 Å². The van der Waals surface area contributed by atoms with Crippen molar-refractivity contribution in [3.8, 4) is 6.07 Å². The van der Waals surface area contributed by atoms with Gasteiger partial charge in [0.15, 0.2) is 0 Å². The summed E-state index contributed by atoms with van der Waals surface area (Å²) in [5.41, 5.74) is 1.30. The smallest absolute Gasteiger partial charge is 0.247 e. The number of rotatable bonds is 3. The highest BCUT2D eigenvalue weighted by Crippen LogP contribution is 2.36. The Morgan fingerprint density at radius 3 is 2.65 bits per heavy atom. The lowest BCUT2D eigenvalue weighted by atomic mass is 9.81. The Morgan fingerprint density at radius 1 is 1.40 bits per heavy atom. The summed E-state index contributed by atoms with van der Waals surface area (Å²) in [6, 6.07) is 10.5. The van der Waals surface area contributed by atoms with Crippen LogP contribution in [0.25, 0.3) is 0 Å². The maximum atomic E-state index is 13.0. The quantitative estimate of drug-likeness (QED) is 0.841. The van der Waals surface area contributed by atoms with Gasteiger partial charge in [0.05, 0.1) is 6.07 Å². The van der Waals surface area contributed by atoms with E-state index in [1.54, 1.807) is 0 Å². The van der Waals surface area contributed by atoms with E-state index in [1.807, 2.05) is 36.9 Å². The van der Waals surface area contributed by atoms with Crippen LogP contribution < -0.4 is 4.90 Å². The third kappa shape index (κ3) is 2.20. The summed E-state index contributed by atoms with van der Waals surface area (Å²) in [5, 5.41) is 9.51. The number of amides is 1. The maximum absolute atomic E-state index is 13.0. The zero-order chi connectivity index (χ0) is 14.8. The van der Waals surface area contributed by atoms with Crippen LogP contribution in [0.2, 0.25) is 0 Å². The van der Waals surface area contributed by atoms with Gasteiger partial charge in [-0.3, -0.25) is 4.79 Å². The second kappa shape index (κ2) is 5.66. The van der Waals surface area contributed by atoms with Crippen molar-refractivity contribution in [1.82, 2.24) is 0 Å². The van der Waals surface area contributed by atoms with E-state index in [0.29, 0.717) is 12.8 Å². The first-order valence-corrected chi connectivity index (χ1v) is 7.42. The van der Waals surface area contributed by atoms with Crippen molar-refractivity contribution < 1.29 is 4.79 Å². The fourth-order valence-corrected chi connectivity index (χ4v) is 2.99. The van der Waals surface area contributed by atoms with Crippen LogP contribution in [-0.4, -0.2) is 11.9 Å². The standard InChI is InChI=1S/C17H22N2O/c1-4-17(5-2,12-18)16(20)19-13(3)10-11-14-8-6-7-9-15(14)19/h6-9,13H,4-5,10-11H2,1-3H3. The van der Waals surface area contributed by atoms with Gasteiger partial charge in [0, 0.05) is 11.7 Å². The highest BCUT2D eigenvalue weighted by Gasteiger charge is 2.42. The topological polar surface area (TPSA) is 44.1 Å². The summed E-state index contributed by atoms with van der Waals surface area (Å²) < 4.78 is 0. The number of nitrogens with zero attached hydrogens (tertiary/aromatic N) is 2. The van der Waals surface area contributed by atoms with E-state index in [1.165, 1.54) is 5.56 Å². The SMILES string of the molecule is CCC(C#N)(CC)C(=O)N1c2ccccc2CCC1C. The van der Waals surface area contributed by atoms with Crippen molar-refractivity contribution in [3.05, 3.63) is 29.8 Å². The number of benzene rings is 1. The summed E-state index contributed by atoms with van der Waals surface area (Å²) in [4.78, 5) is 14.8. The largest absolute Gasteiger partial charge is 0.308 e. The predicted octanol–water partition coefficient (Wildman–Crippen LogP) is 3.68. The monoisotopic (exact) mass is 270 g/mol. The van der Waals surface area contributed by atoms with Crippen LogP contribution in [0.3, 0.4) is 0 Å². The molecular weight excluding hydrogens is 248 g/mol. The van der Waals surface area contributed by atoms with Gasteiger partial charge in [0.2, 0.25) is 5.91 Å². The number of para-hydroxylation sites is 1. The summed E-state index contributed by atoms with van der Waals surface area (Å²) in [6.07, 6.45) is 3.07. The van der Waals surface area contributed by atoms with Crippen LogP contribution in [-0.2, 0) is 11.2 Å². The summed E-state index contributed by atoms with van der Waals surface area (Å²) in [6.45, 7) is 5.91. The molecule has 20 heavy (non-hydrogen) atoms. The first-order valence-electron chi connectivity index (χ1n) is 7.42. The fraction of sp³-hybridized carbons (Fsp3) is 0.529. The minimum Gasteiger partial charge on any atom is -0.308 e. The van der Waals surface area contributed by atoms with E-state index in [4.69, 9.17) is 0 Å². The molecule has 0 saturated heterocycles. The molecular formula is C17H22N2O. The Morgan fingerprint density at radius 2 is 2.05 bits per heavy atom. The lowest BCUT2D eigenvalue weighted by Gasteiger charge is -2.39. The molecule has 1 atom stereocenters. The highest BCUT2D eigenvalue weighted by molar-refractivity contribution is 6.00. The molecule has 3 nitrogen and oxygen atoms in total. The Hall–Kier alpha value is -1.82. The number of anilines is 1. The van der Waals surface area contributed by atoms with E-state index in [2.05, 4.69) is 19.1 Å². The van der Waals surface area contributed by atoms with Crippen LogP contribution in [0, 0.1) is 16.7 Å². The van der Waals surface area contributed by atoms with Gasteiger partial charge in [-0.15, -0.1) is 0 Å². The molecule has 1 heterocycles. The molecule has 3 heteroatoms. The van der Waals surface area contributed by atoms with Crippen molar-refractivity contribution in [2.24, 2.45) is 5.41 Å². The third-order valence-corrected chi connectivity index (χ3v) is 4.57. The summed E-state index contributed by atoms with van der Waals surface area (Å²) in [5.74, 6) is -0.0374. The molecule has 0 N–H and O–H groups in total. The van der Waals surface area contributed by atoms with Gasteiger partial charge in [-0.05, 0) is 44.2 Å². The molecule has 0 saturated carbocycles. The number of fused-ring (bicyclic) bond motifs is 1. The Bertz CT molecular complexity index is 540. The maximum Gasteiger partial charge on any atom is 0.247 e. The van der Waals surface area contributed by atoms with E-state index in [9.17, 15) is 10.1 Å². The lowest BCUT2D eigenvalue weighted by molar-refractivity contribution is -0.126. The van der Waals surface area contributed by atoms with Gasteiger partial charge in [0.1, 0.15) is 5.41 Å². The van der Waals surface area contributed by atoms with E-state index >= 15 is 0 Å². The molecule has 1 aliphatic heterocycles. The highest BCUT2D eigenvalue weighted by atomic mass is 16.2. The number of aryl methyl sites for hydroxylation is 1. The fourth-order valence-electron chi connectivity index (χ4n) is 2.99. The van der Waals surface area contributed by atoms with Crippen molar-refractivity contribution in [2.75, 3.05) is 4.90 Å². The van der Waals surface area contributed by atoms with Crippen LogP contribution >= 0.6 is 0 Å². The number of carbonyl (C=O) groups is 1. The number of hydrogen-bond donors (Lipinski definition) is 0. The van der Waals surface area contributed by atoms with E-state index in [0.717, 1.165) is 18.5 Å². The normalized spacial score (nSPS) is 18.3. The van der Waals surface area contributed by atoms with Gasteiger partial charge in [-0.25, -0.2) is 0 Å². The van der Waals surface area contributed by atoms with Gasteiger partial charge < -0.3 is 4.90 Å². The molecule has 0 bridgehead atoms. The summed E-state index contributed by atoms with van der Waals surface area (Å²) >= 11 is 0. The molecule has 2 rings (SSSR count). The average molecular weight is 270 g/mol. The first kappa shape index (κ1) is 14.6. The number of hydrogen-bond acceptors (Lipinski definition) is 2. The molecule has 1 aromatic carbocycles. The molecule has 0 spiro atoms. The van der Waals surface area contributed by atoms with E-state index in [-0.39, 0.29) is 11.9 Å². The molecule has 0 aromatic heterocycles. The second-order valence-corrected chi connectivity index (χ2v) is 5.59. The molecule has 0 radical (unpaired) electrons. The van der Waals surface area contributed by atoms with Crippen molar-refractivity contribution in [3.63, 3.8) is 0 Å². The minimum atomic E-state index is -0.890. The van der Waals surface area contributed by atoms with Crippen molar-refractivity contribution in [2.45, 2.75) is 52.5 Å². The lowest BCUT2D eigenvalue weighted by Crippen LogP contribution is -2.49. The minimum absolute atomic E-state index is 0.0374. The van der Waals surface area contributed by atoms with Gasteiger partial charge in [0.25, 0.3) is 0 Å². The molecule has 0 aliphatic carbocycles. The first-order chi connectivity index (χ1) is 9.59. The van der Waals surface area contributed by atoms with Crippen LogP contribution in [0.15, 0.2) is 24.3 Å².